The minimum Gasteiger partial charge on any atom is -0.427 e. The number of hydrogen-bond acceptors (Lipinski definition) is 8. The zero-order chi connectivity index (χ0) is 22.5. The van der Waals surface area contributed by atoms with Crippen LogP contribution >= 0.6 is 0 Å². The second-order valence-electron chi connectivity index (χ2n) is 8.23. The maximum Gasteiger partial charge on any atom is 0.478 e. The molecular formula is C19H27BN2O8. The summed E-state index contributed by atoms with van der Waals surface area (Å²) < 4.78 is 15.5. The average molecular weight is 422 g/mol. The van der Waals surface area contributed by atoms with Crippen LogP contribution in [0.4, 0.5) is 0 Å². The molecule has 11 heteroatoms. The van der Waals surface area contributed by atoms with Crippen molar-refractivity contribution in [1.29, 1.82) is 0 Å². The average Bonchev–Trinajstić information content (AvgIpc) is 2.65. The standard InChI is InChI=1S/C19H27BN2O8/c1-19(2,3)18(26)29-10-28-17(25)12-6-4-5-11-9-13(20(27)30-16(11)12)22-15(24)8-7-14(21)23/h4-6,11,13,16,27H,7-10H2,1-3H3,(H2,21,23)(H,22,24)/t11?,13-,16?/m0/s1. The molecule has 1 aliphatic carbocycles. The molecule has 0 saturated carbocycles. The summed E-state index contributed by atoms with van der Waals surface area (Å²) in [5.74, 6) is -3.27. The summed E-state index contributed by atoms with van der Waals surface area (Å²) in [6, 6.07) is 0. The van der Waals surface area contributed by atoms with Gasteiger partial charge in [0.05, 0.1) is 23.0 Å². The van der Waals surface area contributed by atoms with E-state index >= 15 is 0 Å². The summed E-state index contributed by atoms with van der Waals surface area (Å²) in [5.41, 5.74) is 4.47. The third-order valence-electron chi connectivity index (χ3n) is 4.66. The largest absolute Gasteiger partial charge is 0.478 e. The molecular weight excluding hydrogens is 395 g/mol. The number of nitrogens with two attached hydrogens (primary N) is 1. The van der Waals surface area contributed by atoms with E-state index in [9.17, 15) is 24.2 Å². The molecule has 1 fully saturated rings. The molecule has 0 aromatic rings. The number of fused-ring (bicyclic) bond motifs is 1. The van der Waals surface area contributed by atoms with Crippen molar-refractivity contribution in [3.8, 4) is 0 Å². The monoisotopic (exact) mass is 422 g/mol. The van der Waals surface area contributed by atoms with Gasteiger partial charge in [-0.3, -0.25) is 14.4 Å². The van der Waals surface area contributed by atoms with Crippen molar-refractivity contribution in [2.45, 2.75) is 52.1 Å². The highest BCUT2D eigenvalue weighted by molar-refractivity contribution is 6.45. The van der Waals surface area contributed by atoms with E-state index in [1.807, 2.05) is 0 Å². The lowest BCUT2D eigenvalue weighted by Gasteiger charge is -2.38. The SMILES string of the molecule is CC(C)(C)C(=O)OCOC(=O)C1=CC=CC2C[C@H](NC(=O)CCC(N)=O)B(O)OC12. The van der Waals surface area contributed by atoms with Gasteiger partial charge < -0.3 is 30.2 Å². The number of ether oxygens (including phenoxy) is 2. The van der Waals surface area contributed by atoms with Crippen molar-refractivity contribution < 1.29 is 38.3 Å². The fraction of sp³-hybridized carbons (Fsp3) is 0.579. The lowest BCUT2D eigenvalue weighted by atomic mass is 9.67. The molecule has 4 N–H and O–H groups in total. The van der Waals surface area contributed by atoms with Gasteiger partial charge in [-0.1, -0.05) is 12.2 Å². The van der Waals surface area contributed by atoms with E-state index in [2.05, 4.69) is 5.32 Å². The third-order valence-corrected chi connectivity index (χ3v) is 4.66. The fourth-order valence-corrected chi connectivity index (χ4v) is 3.03. The molecule has 2 unspecified atom stereocenters. The van der Waals surface area contributed by atoms with Gasteiger partial charge in [-0.15, -0.1) is 0 Å². The minimum absolute atomic E-state index is 0.0900. The summed E-state index contributed by atoms with van der Waals surface area (Å²) in [6.07, 6.45) is 4.32. The molecule has 164 valence electrons. The first-order valence-corrected chi connectivity index (χ1v) is 9.63. The highest BCUT2D eigenvalue weighted by Gasteiger charge is 2.44. The molecule has 0 aromatic heterocycles. The van der Waals surface area contributed by atoms with Crippen molar-refractivity contribution in [3.05, 3.63) is 23.8 Å². The lowest BCUT2D eigenvalue weighted by molar-refractivity contribution is -0.171. The second-order valence-corrected chi connectivity index (χ2v) is 8.23. The van der Waals surface area contributed by atoms with Crippen LogP contribution in [-0.4, -0.2) is 54.7 Å². The summed E-state index contributed by atoms with van der Waals surface area (Å²) in [5, 5.41) is 12.9. The van der Waals surface area contributed by atoms with Gasteiger partial charge in [0.25, 0.3) is 0 Å². The number of carbonyl (C=O) groups excluding carboxylic acids is 4. The third kappa shape index (κ3) is 6.43. The molecule has 2 aliphatic rings. The van der Waals surface area contributed by atoms with Gasteiger partial charge in [-0.2, -0.15) is 0 Å². The molecule has 10 nitrogen and oxygen atoms in total. The van der Waals surface area contributed by atoms with Crippen molar-refractivity contribution >= 4 is 30.9 Å². The number of hydrogen-bond donors (Lipinski definition) is 3. The maximum atomic E-state index is 12.4. The summed E-state index contributed by atoms with van der Waals surface area (Å²) in [4.78, 5) is 46.9. The van der Waals surface area contributed by atoms with Crippen molar-refractivity contribution in [3.63, 3.8) is 0 Å². The fourth-order valence-electron chi connectivity index (χ4n) is 3.03. The van der Waals surface area contributed by atoms with E-state index < -0.39 is 55.1 Å². The van der Waals surface area contributed by atoms with Crippen LogP contribution in [0.3, 0.4) is 0 Å². The molecule has 2 amide bonds. The Bertz CT molecular complexity index is 758. The highest BCUT2D eigenvalue weighted by atomic mass is 16.7. The van der Waals surface area contributed by atoms with Gasteiger partial charge >= 0.3 is 19.1 Å². The molecule has 0 radical (unpaired) electrons. The van der Waals surface area contributed by atoms with Crippen LogP contribution < -0.4 is 11.1 Å². The maximum absolute atomic E-state index is 12.4. The number of primary amides is 1. The Labute approximate surface area is 174 Å². The summed E-state index contributed by atoms with van der Waals surface area (Å²) in [7, 11) is -1.36. The van der Waals surface area contributed by atoms with Gasteiger partial charge in [-0.05, 0) is 33.3 Å². The molecule has 0 aromatic carbocycles. The highest BCUT2D eigenvalue weighted by Crippen LogP contribution is 2.32. The van der Waals surface area contributed by atoms with Gasteiger partial charge in [0.1, 0.15) is 0 Å². The number of nitrogens with one attached hydrogen (secondary N) is 1. The molecule has 1 heterocycles. The number of allylic oxidation sites excluding steroid dienone is 2. The Morgan fingerprint density at radius 3 is 2.60 bits per heavy atom. The zero-order valence-corrected chi connectivity index (χ0v) is 17.3. The van der Waals surface area contributed by atoms with Crippen LogP contribution in [0.1, 0.15) is 40.0 Å². The van der Waals surface area contributed by atoms with E-state index in [1.165, 1.54) is 6.08 Å². The van der Waals surface area contributed by atoms with E-state index in [0.717, 1.165) is 0 Å². The van der Waals surface area contributed by atoms with Crippen LogP contribution in [0.5, 0.6) is 0 Å². The van der Waals surface area contributed by atoms with Gasteiger partial charge in [0.2, 0.25) is 18.6 Å². The van der Waals surface area contributed by atoms with Gasteiger partial charge in [0, 0.05) is 18.8 Å². The Balaban J connectivity index is 1.91. The first-order valence-electron chi connectivity index (χ1n) is 9.63. The Morgan fingerprint density at radius 1 is 1.27 bits per heavy atom. The quantitative estimate of drug-likeness (QED) is 0.288. The first kappa shape index (κ1) is 23.6. The van der Waals surface area contributed by atoms with Crippen LogP contribution in [0.15, 0.2) is 23.8 Å². The lowest BCUT2D eigenvalue weighted by Crippen LogP contribution is -2.56. The smallest absolute Gasteiger partial charge is 0.427 e. The molecule has 1 saturated heterocycles. The minimum atomic E-state index is -1.36. The molecule has 2 rings (SSSR count). The Morgan fingerprint density at radius 2 is 1.97 bits per heavy atom. The molecule has 0 bridgehead atoms. The normalized spacial score (nSPS) is 23.1. The first-order chi connectivity index (χ1) is 14.0. The van der Waals surface area contributed by atoms with Gasteiger partial charge in [-0.25, -0.2) is 4.79 Å². The molecule has 3 atom stereocenters. The summed E-state index contributed by atoms with van der Waals surface area (Å²) in [6.45, 7) is 4.50. The number of esters is 2. The predicted molar refractivity (Wildman–Crippen MR) is 105 cm³/mol. The number of amides is 2. The van der Waals surface area contributed by atoms with Crippen molar-refractivity contribution in [2.75, 3.05) is 6.79 Å². The van der Waals surface area contributed by atoms with Crippen molar-refractivity contribution in [1.82, 2.24) is 5.32 Å². The topological polar surface area (TPSA) is 154 Å². The zero-order valence-electron chi connectivity index (χ0n) is 17.3. The summed E-state index contributed by atoms with van der Waals surface area (Å²) >= 11 is 0. The van der Waals surface area contributed by atoms with Crippen LogP contribution in [0, 0.1) is 11.3 Å². The van der Waals surface area contributed by atoms with Crippen LogP contribution in [-0.2, 0) is 33.3 Å². The number of rotatable bonds is 7. The van der Waals surface area contributed by atoms with E-state index in [4.69, 9.17) is 19.9 Å². The van der Waals surface area contributed by atoms with E-state index in [1.54, 1.807) is 32.9 Å². The van der Waals surface area contributed by atoms with E-state index in [-0.39, 0.29) is 24.3 Å². The number of carbonyl (C=O) groups is 4. The Kier molecular flexibility index (Phi) is 7.80. The van der Waals surface area contributed by atoms with Crippen molar-refractivity contribution in [2.24, 2.45) is 17.1 Å². The molecule has 30 heavy (non-hydrogen) atoms. The van der Waals surface area contributed by atoms with Gasteiger partial charge in [0.15, 0.2) is 0 Å². The second kappa shape index (κ2) is 9.90. The molecule has 1 aliphatic heterocycles. The van der Waals surface area contributed by atoms with Crippen LogP contribution in [0.2, 0.25) is 0 Å². The van der Waals surface area contributed by atoms with Crippen LogP contribution in [0.25, 0.3) is 0 Å². The molecule has 0 spiro atoms. The Hall–Kier alpha value is -2.66. The predicted octanol–water partition coefficient (Wildman–Crippen LogP) is -0.252. The van der Waals surface area contributed by atoms with E-state index in [0.29, 0.717) is 6.42 Å².